The highest BCUT2D eigenvalue weighted by molar-refractivity contribution is 6.31. The lowest BCUT2D eigenvalue weighted by Gasteiger charge is -2.37. The Kier molecular flexibility index (Phi) is 6.01. The van der Waals surface area contributed by atoms with Crippen molar-refractivity contribution in [2.45, 2.75) is 58.1 Å². The van der Waals surface area contributed by atoms with E-state index in [0.29, 0.717) is 34.8 Å². The Morgan fingerprint density at radius 2 is 1.93 bits per heavy atom. The summed E-state index contributed by atoms with van der Waals surface area (Å²) in [4.78, 5) is 25.2. The first-order valence-electron chi connectivity index (χ1n) is 9.53. The van der Waals surface area contributed by atoms with E-state index >= 15 is 0 Å². The summed E-state index contributed by atoms with van der Waals surface area (Å²) in [6, 6.07) is 3.68. The third kappa shape index (κ3) is 3.76. The third-order valence-corrected chi connectivity index (χ3v) is 5.99. The zero-order chi connectivity index (χ0) is 20.5. The van der Waals surface area contributed by atoms with Crippen molar-refractivity contribution in [2.24, 2.45) is 0 Å². The Labute approximate surface area is 170 Å². The van der Waals surface area contributed by atoms with Gasteiger partial charge in [0, 0.05) is 12.1 Å². The molecule has 1 heterocycles. The molecule has 0 bridgehead atoms. The zero-order valence-electron chi connectivity index (χ0n) is 16.7. The molecule has 0 radical (unpaired) electrons. The molecule has 2 aliphatic rings. The summed E-state index contributed by atoms with van der Waals surface area (Å²) in [6.45, 7) is 5.67. The van der Waals surface area contributed by atoms with Gasteiger partial charge < -0.3 is 19.5 Å². The fourth-order valence-electron chi connectivity index (χ4n) is 4.03. The standard InChI is InChI=1S/C21H26ClNO5/c1-5-27-20(25)28-18-17(15-10-13(3)16(22)11-12(15)2)19(24)23-21(18)8-6-14(26-4)7-9-21/h10-11,14H,5-9H2,1-4H3,(H,23,24). The summed E-state index contributed by atoms with van der Waals surface area (Å²) in [5, 5.41) is 3.72. The molecule has 1 aliphatic carbocycles. The van der Waals surface area contributed by atoms with Gasteiger partial charge in [-0.25, -0.2) is 4.79 Å². The van der Waals surface area contributed by atoms with Crippen LogP contribution in [-0.4, -0.2) is 37.4 Å². The summed E-state index contributed by atoms with van der Waals surface area (Å²) in [7, 11) is 1.69. The number of carbonyl (C=O) groups is 2. The molecule has 0 aromatic heterocycles. The lowest BCUT2D eigenvalue weighted by Crippen LogP contribution is -2.49. The van der Waals surface area contributed by atoms with Gasteiger partial charge in [-0.15, -0.1) is 0 Å². The van der Waals surface area contributed by atoms with Gasteiger partial charge in [-0.2, -0.15) is 0 Å². The second-order valence-electron chi connectivity index (χ2n) is 7.38. The number of amides is 1. The first-order chi connectivity index (χ1) is 13.3. The number of ether oxygens (including phenoxy) is 3. The smallest absolute Gasteiger partial charge is 0.434 e. The summed E-state index contributed by atoms with van der Waals surface area (Å²) in [5.41, 5.74) is 2.05. The molecule has 1 aromatic carbocycles. The molecule has 1 amide bonds. The van der Waals surface area contributed by atoms with Gasteiger partial charge >= 0.3 is 6.16 Å². The molecular formula is C21H26ClNO5. The summed E-state index contributed by atoms with van der Waals surface area (Å²) < 4.78 is 16.1. The van der Waals surface area contributed by atoms with Crippen molar-refractivity contribution < 1.29 is 23.8 Å². The number of aryl methyl sites for hydroxylation is 2. The Morgan fingerprint density at radius 3 is 2.54 bits per heavy atom. The van der Waals surface area contributed by atoms with Crippen LogP contribution in [0.4, 0.5) is 4.79 Å². The third-order valence-electron chi connectivity index (χ3n) is 5.58. The molecule has 1 fully saturated rings. The van der Waals surface area contributed by atoms with E-state index in [1.54, 1.807) is 14.0 Å². The van der Waals surface area contributed by atoms with E-state index in [9.17, 15) is 9.59 Å². The summed E-state index contributed by atoms with van der Waals surface area (Å²) >= 11 is 6.23. The fourth-order valence-corrected chi connectivity index (χ4v) is 4.24. The molecule has 1 aliphatic heterocycles. The van der Waals surface area contributed by atoms with Gasteiger partial charge in [0.1, 0.15) is 5.76 Å². The monoisotopic (exact) mass is 407 g/mol. The van der Waals surface area contributed by atoms with Crippen LogP contribution in [0.25, 0.3) is 5.57 Å². The van der Waals surface area contributed by atoms with E-state index in [1.165, 1.54) is 0 Å². The predicted molar refractivity (Wildman–Crippen MR) is 106 cm³/mol. The van der Waals surface area contributed by atoms with Crippen LogP contribution in [0.3, 0.4) is 0 Å². The number of hydrogen-bond acceptors (Lipinski definition) is 5. The maximum Gasteiger partial charge on any atom is 0.513 e. The fraction of sp³-hybridized carbons (Fsp3) is 0.524. The Morgan fingerprint density at radius 1 is 1.25 bits per heavy atom. The molecule has 7 heteroatoms. The molecule has 6 nitrogen and oxygen atoms in total. The van der Waals surface area contributed by atoms with Gasteiger partial charge in [-0.1, -0.05) is 11.6 Å². The molecule has 3 rings (SSSR count). The van der Waals surface area contributed by atoms with E-state index in [0.717, 1.165) is 24.0 Å². The molecule has 28 heavy (non-hydrogen) atoms. The van der Waals surface area contributed by atoms with Crippen LogP contribution in [0, 0.1) is 13.8 Å². The maximum atomic E-state index is 13.0. The van der Waals surface area contributed by atoms with E-state index in [2.05, 4.69) is 5.32 Å². The van der Waals surface area contributed by atoms with Crippen molar-refractivity contribution in [1.82, 2.24) is 5.32 Å². The lowest BCUT2D eigenvalue weighted by atomic mass is 9.79. The number of halogens is 1. The average Bonchev–Trinajstić information content (AvgIpc) is 2.90. The van der Waals surface area contributed by atoms with Crippen molar-refractivity contribution in [3.8, 4) is 0 Å². The van der Waals surface area contributed by atoms with Gasteiger partial charge in [0.05, 0.1) is 23.8 Å². The van der Waals surface area contributed by atoms with Gasteiger partial charge in [0.2, 0.25) is 0 Å². The quantitative estimate of drug-likeness (QED) is 0.753. The van der Waals surface area contributed by atoms with Crippen molar-refractivity contribution in [1.29, 1.82) is 0 Å². The Bertz CT molecular complexity index is 824. The second kappa shape index (κ2) is 8.13. The average molecular weight is 408 g/mol. The normalized spacial score (nSPS) is 24.5. The minimum absolute atomic E-state index is 0.134. The summed E-state index contributed by atoms with van der Waals surface area (Å²) in [5.74, 6) is 0.0929. The molecule has 0 unspecified atom stereocenters. The number of benzene rings is 1. The first kappa shape index (κ1) is 20.7. The SMILES string of the molecule is CCOC(=O)OC1=C(c2cc(C)c(Cl)cc2C)C(=O)NC12CCC(OC)CC2. The van der Waals surface area contributed by atoms with Gasteiger partial charge in [-0.05, 0) is 75.3 Å². The summed E-state index contributed by atoms with van der Waals surface area (Å²) in [6.07, 6.45) is 2.11. The van der Waals surface area contributed by atoms with Crippen LogP contribution in [0.15, 0.2) is 17.9 Å². The second-order valence-corrected chi connectivity index (χ2v) is 7.78. The van der Waals surface area contributed by atoms with E-state index in [-0.39, 0.29) is 18.6 Å². The minimum Gasteiger partial charge on any atom is -0.434 e. The van der Waals surface area contributed by atoms with E-state index < -0.39 is 11.7 Å². The maximum absolute atomic E-state index is 13.0. The Hall–Kier alpha value is -2.05. The zero-order valence-corrected chi connectivity index (χ0v) is 17.4. The highest BCUT2D eigenvalue weighted by Crippen LogP contribution is 2.44. The largest absolute Gasteiger partial charge is 0.513 e. The van der Waals surface area contributed by atoms with Crippen molar-refractivity contribution in [3.63, 3.8) is 0 Å². The van der Waals surface area contributed by atoms with Crippen molar-refractivity contribution in [2.75, 3.05) is 13.7 Å². The van der Waals surface area contributed by atoms with Crippen molar-refractivity contribution >= 4 is 29.2 Å². The van der Waals surface area contributed by atoms with E-state index in [1.807, 2.05) is 26.0 Å². The van der Waals surface area contributed by atoms with Crippen molar-refractivity contribution in [3.05, 3.63) is 39.6 Å². The Balaban J connectivity index is 2.10. The predicted octanol–water partition coefficient (Wildman–Crippen LogP) is 4.30. The molecular weight excluding hydrogens is 382 g/mol. The number of rotatable bonds is 4. The van der Waals surface area contributed by atoms with E-state index in [4.69, 9.17) is 25.8 Å². The highest BCUT2D eigenvalue weighted by atomic mass is 35.5. The number of carbonyl (C=O) groups excluding carboxylic acids is 2. The number of hydrogen-bond donors (Lipinski definition) is 1. The topological polar surface area (TPSA) is 73.9 Å². The molecule has 1 saturated carbocycles. The minimum atomic E-state index is -0.803. The highest BCUT2D eigenvalue weighted by Gasteiger charge is 2.50. The van der Waals surface area contributed by atoms with Gasteiger partial charge in [-0.3, -0.25) is 4.79 Å². The van der Waals surface area contributed by atoms with Crippen LogP contribution in [0.2, 0.25) is 5.02 Å². The van der Waals surface area contributed by atoms with Crippen LogP contribution >= 0.6 is 11.6 Å². The van der Waals surface area contributed by atoms with Crippen LogP contribution in [-0.2, 0) is 19.0 Å². The molecule has 152 valence electrons. The lowest BCUT2D eigenvalue weighted by molar-refractivity contribution is -0.116. The van der Waals surface area contributed by atoms with Crippen LogP contribution in [0.1, 0.15) is 49.3 Å². The number of methoxy groups -OCH3 is 1. The van der Waals surface area contributed by atoms with Gasteiger partial charge in [0.25, 0.3) is 5.91 Å². The van der Waals surface area contributed by atoms with Crippen LogP contribution < -0.4 is 5.32 Å². The molecule has 1 spiro atoms. The molecule has 0 atom stereocenters. The number of nitrogens with one attached hydrogen (secondary N) is 1. The first-order valence-corrected chi connectivity index (χ1v) is 9.91. The van der Waals surface area contributed by atoms with Crippen LogP contribution in [0.5, 0.6) is 0 Å². The molecule has 1 aromatic rings. The molecule has 0 saturated heterocycles. The van der Waals surface area contributed by atoms with Gasteiger partial charge in [0.15, 0.2) is 0 Å². The molecule has 1 N–H and O–H groups in total.